The molecule has 0 aromatic heterocycles. The highest BCUT2D eigenvalue weighted by Crippen LogP contribution is 1.79. The van der Waals surface area contributed by atoms with Gasteiger partial charge in [-0.05, 0) is 6.92 Å². The zero-order valence-corrected chi connectivity index (χ0v) is 8.82. The highest BCUT2D eigenvalue weighted by Gasteiger charge is 1.96. The van der Waals surface area contributed by atoms with Gasteiger partial charge in [0.15, 0.2) is 5.78 Å². The molecule has 0 rings (SSSR count). The lowest BCUT2D eigenvalue weighted by atomic mass is 10.5. The summed E-state index contributed by atoms with van der Waals surface area (Å²) in [6.07, 6.45) is 0. The van der Waals surface area contributed by atoms with Crippen molar-refractivity contribution >= 4 is 11.7 Å². The molecule has 88 valence electrons. The molecule has 0 radical (unpaired) electrons. The average Bonchev–Trinajstić information content (AvgIpc) is 2.21. The first kappa shape index (κ1) is 14.0. The van der Waals surface area contributed by atoms with E-state index < -0.39 is 12.5 Å². The number of nitrogens with one attached hydrogen (secondary N) is 1. The van der Waals surface area contributed by atoms with Crippen molar-refractivity contribution in [3.05, 3.63) is 0 Å². The van der Waals surface area contributed by atoms with Gasteiger partial charge in [0.05, 0.1) is 19.8 Å². The highest BCUT2D eigenvalue weighted by molar-refractivity contribution is 5.77. The molecule has 0 spiro atoms. The van der Waals surface area contributed by atoms with Gasteiger partial charge < -0.3 is 19.9 Å². The molecule has 0 fully saturated rings. The predicted molar refractivity (Wildman–Crippen MR) is 52.4 cm³/mol. The number of hydrogen-bond acceptors (Lipinski definition) is 5. The van der Waals surface area contributed by atoms with Gasteiger partial charge in [-0.3, -0.25) is 9.59 Å². The van der Waals surface area contributed by atoms with Crippen LogP contribution in [0.5, 0.6) is 0 Å². The minimum absolute atomic E-state index is 0.0230. The van der Waals surface area contributed by atoms with Crippen molar-refractivity contribution in [2.75, 3.05) is 39.6 Å². The van der Waals surface area contributed by atoms with Gasteiger partial charge in [0.25, 0.3) is 0 Å². The molecule has 0 atom stereocenters. The van der Waals surface area contributed by atoms with E-state index in [2.05, 4.69) is 5.32 Å². The molecule has 0 saturated carbocycles. The normalized spacial score (nSPS) is 10.0. The van der Waals surface area contributed by atoms with Crippen LogP contribution in [-0.2, 0) is 19.1 Å². The second-order valence-corrected chi connectivity index (χ2v) is 2.88. The van der Waals surface area contributed by atoms with Gasteiger partial charge in [0.2, 0.25) is 5.91 Å². The summed E-state index contributed by atoms with van der Waals surface area (Å²) >= 11 is 0. The standard InChI is InChI=1S/C9H17NO5/c1-8(12)7-15-5-4-14-3-2-10-9(13)6-11/h11H,2-7H2,1H3,(H,10,13). The summed E-state index contributed by atoms with van der Waals surface area (Å²) in [7, 11) is 0. The summed E-state index contributed by atoms with van der Waals surface area (Å²) in [4.78, 5) is 21.0. The lowest BCUT2D eigenvalue weighted by Gasteiger charge is -2.05. The number of ether oxygens (including phenoxy) is 2. The van der Waals surface area contributed by atoms with Gasteiger partial charge in [-0.25, -0.2) is 0 Å². The number of Topliss-reactive ketones (excluding diaryl/α,β-unsaturated/α-hetero) is 1. The second kappa shape index (κ2) is 9.57. The van der Waals surface area contributed by atoms with E-state index in [0.29, 0.717) is 26.4 Å². The maximum atomic E-state index is 10.5. The van der Waals surface area contributed by atoms with Crippen molar-refractivity contribution in [3.63, 3.8) is 0 Å². The van der Waals surface area contributed by atoms with Gasteiger partial charge in [-0.1, -0.05) is 0 Å². The Kier molecular flexibility index (Phi) is 8.95. The number of amides is 1. The topological polar surface area (TPSA) is 84.9 Å². The molecule has 0 heterocycles. The molecule has 2 N–H and O–H groups in total. The van der Waals surface area contributed by atoms with Crippen LogP contribution in [0, 0.1) is 0 Å². The number of aliphatic hydroxyl groups is 1. The molecule has 0 saturated heterocycles. The van der Waals surface area contributed by atoms with E-state index in [0.717, 1.165) is 0 Å². The Morgan fingerprint density at radius 1 is 1.20 bits per heavy atom. The predicted octanol–water partition coefficient (Wildman–Crippen LogP) is -1.28. The molecule has 6 nitrogen and oxygen atoms in total. The molecule has 1 amide bonds. The highest BCUT2D eigenvalue weighted by atomic mass is 16.5. The van der Waals surface area contributed by atoms with E-state index in [1.807, 2.05) is 0 Å². The number of carbonyl (C=O) groups is 2. The van der Waals surface area contributed by atoms with Crippen LogP contribution in [0.2, 0.25) is 0 Å². The first-order valence-corrected chi connectivity index (χ1v) is 4.69. The lowest BCUT2D eigenvalue weighted by molar-refractivity contribution is -0.124. The molecule has 6 heteroatoms. The van der Waals surface area contributed by atoms with E-state index in [1.165, 1.54) is 6.92 Å². The van der Waals surface area contributed by atoms with Crippen LogP contribution in [0.15, 0.2) is 0 Å². The van der Waals surface area contributed by atoms with Crippen molar-refractivity contribution < 1.29 is 24.2 Å². The largest absolute Gasteiger partial charge is 0.387 e. The van der Waals surface area contributed by atoms with E-state index in [4.69, 9.17) is 14.6 Å². The SMILES string of the molecule is CC(=O)COCCOCCNC(=O)CO. The van der Waals surface area contributed by atoms with Crippen LogP contribution >= 0.6 is 0 Å². The van der Waals surface area contributed by atoms with Crippen LogP contribution in [0.1, 0.15) is 6.92 Å². The number of carbonyl (C=O) groups excluding carboxylic acids is 2. The molecular weight excluding hydrogens is 202 g/mol. The third-order valence-corrected chi connectivity index (χ3v) is 1.39. The van der Waals surface area contributed by atoms with Crippen molar-refractivity contribution in [3.8, 4) is 0 Å². The summed E-state index contributed by atoms with van der Waals surface area (Å²) in [6, 6.07) is 0. The number of hydrogen-bond donors (Lipinski definition) is 2. The Bertz CT molecular complexity index is 195. The van der Waals surface area contributed by atoms with Gasteiger partial charge in [-0.15, -0.1) is 0 Å². The fraction of sp³-hybridized carbons (Fsp3) is 0.778. The average molecular weight is 219 g/mol. The molecule has 0 aromatic rings. The zero-order valence-electron chi connectivity index (χ0n) is 8.82. The van der Waals surface area contributed by atoms with E-state index in [1.54, 1.807) is 0 Å². The number of rotatable bonds is 9. The minimum atomic E-state index is -0.512. The minimum Gasteiger partial charge on any atom is -0.387 e. The Morgan fingerprint density at radius 2 is 1.87 bits per heavy atom. The van der Waals surface area contributed by atoms with Crippen LogP contribution in [0.25, 0.3) is 0 Å². The first-order chi connectivity index (χ1) is 7.16. The molecule has 15 heavy (non-hydrogen) atoms. The van der Waals surface area contributed by atoms with Crippen LogP contribution < -0.4 is 5.32 Å². The van der Waals surface area contributed by atoms with E-state index in [-0.39, 0.29) is 12.4 Å². The molecule has 0 aliphatic carbocycles. The maximum absolute atomic E-state index is 10.5. The fourth-order valence-electron chi connectivity index (χ4n) is 0.754. The smallest absolute Gasteiger partial charge is 0.245 e. The number of aliphatic hydroxyl groups excluding tert-OH is 1. The van der Waals surface area contributed by atoms with Gasteiger partial charge in [-0.2, -0.15) is 0 Å². The van der Waals surface area contributed by atoms with Crippen LogP contribution in [0.3, 0.4) is 0 Å². The summed E-state index contributed by atoms with van der Waals surface area (Å²) in [6.45, 7) is 2.48. The molecule has 0 bridgehead atoms. The molecule has 0 aliphatic rings. The number of ketones is 1. The third-order valence-electron chi connectivity index (χ3n) is 1.39. The summed E-state index contributed by atoms with van der Waals surface area (Å²) in [5.41, 5.74) is 0. The second-order valence-electron chi connectivity index (χ2n) is 2.88. The van der Waals surface area contributed by atoms with Crippen molar-refractivity contribution in [2.24, 2.45) is 0 Å². The molecule has 0 aliphatic heterocycles. The van der Waals surface area contributed by atoms with Gasteiger partial charge in [0, 0.05) is 6.54 Å². The van der Waals surface area contributed by atoms with Gasteiger partial charge >= 0.3 is 0 Å². The Hall–Kier alpha value is -0.980. The Morgan fingerprint density at radius 3 is 2.47 bits per heavy atom. The summed E-state index contributed by atoms with van der Waals surface area (Å²) in [5.74, 6) is -0.448. The van der Waals surface area contributed by atoms with Crippen LogP contribution in [-0.4, -0.2) is 56.4 Å². The fourth-order valence-corrected chi connectivity index (χ4v) is 0.754. The maximum Gasteiger partial charge on any atom is 0.245 e. The van der Waals surface area contributed by atoms with Crippen molar-refractivity contribution in [1.29, 1.82) is 0 Å². The van der Waals surface area contributed by atoms with E-state index >= 15 is 0 Å². The molecular formula is C9H17NO5. The molecule has 0 unspecified atom stereocenters. The summed E-state index contributed by atoms with van der Waals surface area (Å²) < 4.78 is 10.0. The summed E-state index contributed by atoms with van der Waals surface area (Å²) in [5, 5.41) is 10.8. The van der Waals surface area contributed by atoms with E-state index in [9.17, 15) is 9.59 Å². The Balaban J connectivity index is 3.05. The van der Waals surface area contributed by atoms with Crippen molar-refractivity contribution in [1.82, 2.24) is 5.32 Å². The Labute approximate surface area is 88.6 Å². The molecule has 0 aromatic carbocycles. The van der Waals surface area contributed by atoms with Gasteiger partial charge in [0.1, 0.15) is 13.2 Å². The quantitative estimate of drug-likeness (QED) is 0.472. The first-order valence-electron chi connectivity index (χ1n) is 4.69. The lowest BCUT2D eigenvalue weighted by Crippen LogP contribution is -2.29. The van der Waals surface area contributed by atoms with Crippen molar-refractivity contribution in [2.45, 2.75) is 6.92 Å². The zero-order chi connectivity index (χ0) is 11.5. The monoisotopic (exact) mass is 219 g/mol. The third kappa shape index (κ3) is 10.9. The van der Waals surface area contributed by atoms with Crippen LogP contribution in [0.4, 0.5) is 0 Å².